The summed E-state index contributed by atoms with van der Waals surface area (Å²) in [5.41, 5.74) is 1.63. The van der Waals surface area contributed by atoms with E-state index in [1.807, 2.05) is 29.9 Å². The van der Waals surface area contributed by atoms with Crippen LogP contribution in [0.4, 0.5) is 0 Å². The van der Waals surface area contributed by atoms with E-state index in [0.29, 0.717) is 12.8 Å². The summed E-state index contributed by atoms with van der Waals surface area (Å²) in [5.74, 6) is 0.753. The van der Waals surface area contributed by atoms with Gasteiger partial charge in [-0.25, -0.2) is 4.98 Å². The lowest BCUT2D eigenvalue weighted by atomic mass is 9.99. The molecule has 0 saturated carbocycles. The highest BCUT2D eigenvalue weighted by atomic mass is 16.3. The molecule has 3 nitrogen and oxygen atoms in total. The van der Waals surface area contributed by atoms with Crippen molar-refractivity contribution in [2.24, 2.45) is 7.05 Å². The fraction of sp³-hybridized carbons (Fsp3) is 0.308. The Balaban J connectivity index is 2.04. The van der Waals surface area contributed by atoms with Gasteiger partial charge in [-0.15, -0.1) is 0 Å². The number of hydrogen-bond acceptors (Lipinski definition) is 2. The smallest absolute Gasteiger partial charge is 0.141 e. The van der Waals surface area contributed by atoms with E-state index in [9.17, 15) is 5.11 Å². The van der Waals surface area contributed by atoms with Gasteiger partial charge >= 0.3 is 0 Å². The van der Waals surface area contributed by atoms with Crippen molar-refractivity contribution in [2.45, 2.75) is 18.4 Å². The molecule has 16 heavy (non-hydrogen) atoms. The minimum Gasteiger partial charge on any atom is -0.381 e. The van der Waals surface area contributed by atoms with Crippen molar-refractivity contribution < 1.29 is 5.11 Å². The second-order valence-corrected chi connectivity index (χ2v) is 4.52. The Morgan fingerprint density at radius 3 is 2.38 bits per heavy atom. The molecule has 1 aliphatic rings. The third-order valence-electron chi connectivity index (χ3n) is 3.32. The molecule has 0 fully saturated rings. The van der Waals surface area contributed by atoms with E-state index >= 15 is 0 Å². The highest BCUT2D eigenvalue weighted by Crippen LogP contribution is 2.36. The maximum absolute atomic E-state index is 10.7. The van der Waals surface area contributed by atoms with Crippen molar-refractivity contribution in [1.82, 2.24) is 9.55 Å². The van der Waals surface area contributed by atoms with Crippen molar-refractivity contribution in [3.8, 4) is 0 Å². The molecular weight excluding hydrogens is 200 g/mol. The van der Waals surface area contributed by atoms with Crippen LogP contribution in [0.1, 0.15) is 17.0 Å². The predicted molar refractivity (Wildman–Crippen MR) is 61.0 cm³/mol. The van der Waals surface area contributed by atoms with Crippen LogP contribution >= 0.6 is 0 Å². The van der Waals surface area contributed by atoms with E-state index in [1.54, 1.807) is 6.20 Å². The summed E-state index contributed by atoms with van der Waals surface area (Å²) in [6.45, 7) is 0. The van der Waals surface area contributed by atoms with Gasteiger partial charge in [-0.3, -0.25) is 0 Å². The van der Waals surface area contributed by atoms with Crippen LogP contribution in [0.3, 0.4) is 0 Å². The topological polar surface area (TPSA) is 38.0 Å². The van der Waals surface area contributed by atoms with Crippen LogP contribution in [-0.4, -0.2) is 14.7 Å². The number of fused-ring (bicyclic) bond motifs is 1. The van der Waals surface area contributed by atoms with Gasteiger partial charge in [0, 0.05) is 32.3 Å². The summed E-state index contributed by atoms with van der Waals surface area (Å²) in [6.07, 6.45) is 4.93. The third kappa shape index (κ3) is 1.28. The van der Waals surface area contributed by atoms with Gasteiger partial charge in [0.2, 0.25) is 0 Å². The Labute approximate surface area is 94.4 Å². The van der Waals surface area contributed by atoms with Gasteiger partial charge in [0.1, 0.15) is 11.4 Å². The number of rotatable bonds is 1. The monoisotopic (exact) mass is 214 g/mol. The Morgan fingerprint density at radius 2 is 1.88 bits per heavy atom. The number of nitrogens with zero attached hydrogens (tertiary/aromatic N) is 2. The van der Waals surface area contributed by atoms with Gasteiger partial charge in [0.05, 0.1) is 0 Å². The van der Waals surface area contributed by atoms with E-state index in [4.69, 9.17) is 0 Å². The average molecular weight is 214 g/mol. The molecule has 1 N–H and O–H groups in total. The van der Waals surface area contributed by atoms with Crippen molar-refractivity contribution in [2.75, 3.05) is 0 Å². The SMILES string of the molecule is Cn1ccnc1C1(O)Cc2ccccc2C1. The van der Waals surface area contributed by atoms with Crippen molar-refractivity contribution in [1.29, 1.82) is 0 Å². The zero-order chi connectivity index (χ0) is 11.2. The molecule has 1 heterocycles. The lowest BCUT2D eigenvalue weighted by Gasteiger charge is -2.21. The van der Waals surface area contributed by atoms with Crippen LogP contribution in [0.25, 0.3) is 0 Å². The molecule has 1 aliphatic carbocycles. The quantitative estimate of drug-likeness (QED) is 0.779. The van der Waals surface area contributed by atoms with E-state index in [0.717, 1.165) is 5.82 Å². The van der Waals surface area contributed by atoms with E-state index in [1.165, 1.54) is 11.1 Å². The summed E-state index contributed by atoms with van der Waals surface area (Å²) < 4.78 is 1.89. The molecule has 1 aromatic heterocycles. The van der Waals surface area contributed by atoms with Gasteiger partial charge in [-0.1, -0.05) is 24.3 Å². The van der Waals surface area contributed by atoms with Crippen molar-refractivity contribution >= 4 is 0 Å². The van der Waals surface area contributed by atoms with Crippen LogP contribution in [0, 0.1) is 0 Å². The first kappa shape index (κ1) is 9.60. The van der Waals surface area contributed by atoms with Crippen LogP contribution in [0.5, 0.6) is 0 Å². The summed E-state index contributed by atoms with van der Waals surface area (Å²) in [4.78, 5) is 4.27. The van der Waals surface area contributed by atoms with Crippen LogP contribution in [-0.2, 0) is 25.5 Å². The zero-order valence-corrected chi connectivity index (χ0v) is 9.22. The summed E-state index contributed by atoms with van der Waals surface area (Å²) >= 11 is 0. The van der Waals surface area contributed by atoms with Gasteiger partial charge < -0.3 is 9.67 Å². The van der Waals surface area contributed by atoms with Crippen molar-refractivity contribution in [3.05, 3.63) is 53.6 Å². The predicted octanol–water partition coefficient (Wildman–Crippen LogP) is 1.41. The Hall–Kier alpha value is -1.61. The molecule has 0 saturated heterocycles. The molecule has 0 aliphatic heterocycles. The summed E-state index contributed by atoms with van der Waals surface area (Å²) in [7, 11) is 1.92. The van der Waals surface area contributed by atoms with Gasteiger partial charge in [-0.05, 0) is 11.1 Å². The maximum Gasteiger partial charge on any atom is 0.141 e. The minimum absolute atomic E-state index is 0.661. The molecule has 0 radical (unpaired) electrons. The zero-order valence-electron chi connectivity index (χ0n) is 9.22. The summed E-state index contributed by atoms with van der Waals surface area (Å²) in [6, 6.07) is 8.19. The lowest BCUT2D eigenvalue weighted by molar-refractivity contribution is 0.0361. The number of benzene rings is 1. The Bertz CT molecular complexity index is 505. The lowest BCUT2D eigenvalue weighted by Crippen LogP contribution is -2.29. The first-order valence-corrected chi connectivity index (χ1v) is 5.46. The van der Waals surface area contributed by atoms with E-state index < -0.39 is 5.60 Å². The number of aliphatic hydroxyl groups is 1. The Kier molecular flexibility index (Phi) is 1.91. The molecule has 2 aromatic rings. The summed E-state index contributed by atoms with van der Waals surface area (Å²) in [5, 5.41) is 10.7. The first-order chi connectivity index (χ1) is 7.69. The standard InChI is InChI=1S/C13H14N2O/c1-15-7-6-14-12(15)13(16)8-10-4-2-3-5-11(10)9-13/h2-7,16H,8-9H2,1H3. The molecule has 0 atom stereocenters. The van der Waals surface area contributed by atoms with Gasteiger partial charge in [0.15, 0.2) is 0 Å². The molecule has 1 aromatic carbocycles. The molecule has 3 rings (SSSR count). The number of hydrogen-bond donors (Lipinski definition) is 1. The number of imidazole rings is 1. The fourth-order valence-electron chi connectivity index (χ4n) is 2.57. The molecule has 82 valence electrons. The maximum atomic E-state index is 10.7. The Morgan fingerprint density at radius 1 is 1.25 bits per heavy atom. The number of aromatic nitrogens is 2. The second-order valence-electron chi connectivity index (χ2n) is 4.52. The van der Waals surface area contributed by atoms with Crippen molar-refractivity contribution in [3.63, 3.8) is 0 Å². The molecule has 0 bridgehead atoms. The van der Waals surface area contributed by atoms with Crippen LogP contribution in [0.15, 0.2) is 36.7 Å². The van der Waals surface area contributed by atoms with Crippen LogP contribution < -0.4 is 0 Å². The highest BCUT2D eigenvalue weighted by Gasteiger charge is 2.39. The van der Waals surface area contributed by atoms with E-state index in [2.05, 4.69) is 17.1 Å². The molecular formula is C13H14N2O. The third-order valence-corrected chi connectivity index (χ3v) is 3.32. The molecule has 0 unspecified atom stereocenters. The first-order valence-electron chi connectivity index (χ1n) is 5.46. The second kappa shape index (κ2) is 3.19. The number of aryl methyl sites for hydroxylation is 1. The molecule has 3 heteroatoms. The molecule has 0 spiro atoms. The fourth-order valence-corrected chi connectivity index (χ4v) is 2.57. The minimum atomic E-state index is -0.831. The molecule has 0 amide bonds. The van der Waals surface area contributed by atoms with Gasteiger partial charge in [-0.2, -0.15) is 0 Å². The normalized spacial score (nSPS) is 17.4. The highest BCUT2D eigenvalue weighted by molar-refractivity contribution is 5.36. The van der Waals surface area contributed by atoms with Crippen LogP contribution in [0.2, 0.25) is 0 Å². The average Bonchev–Trinajstić information content (AvgIpc) is 2.81. The largest absolute Gasteiger partial charge is 0.381 e. The van der Waals surface area contributed by atoms with E-state index in [-0.39, 0.29) is 0 Å². The van der Waals surface area contributed by atoms with Gasteiger partial charge in [0.25, 0.3) is 0 Å².